The van der Waals surface area contributed by atoms with E-state index in [1.807, 2.05) is 6.07 Å². The second kappa shape index (κ2) is 8.32. The van der Waals surface area contributed by atoms with Crippen molar-refractivity contribution in [2.75, 3.05) is 26.7 Å². The van der Waals surface area contributed by atoms with Gasteiger partial charge in [0, 0.05) is 25.0 Å². The van der Waals surface area contributed by atoms with Gasteiger partial charge < -0.3 is 15.5 Å². The molecule has 3 rings (SSSR count). The Hall–Kier alpha value is -1.10. The molecule has 1 amide bonds. The van der Waals surface area contributed by atoms with E-state index < -0.39 is 0 Å². The average molecular weight is 352 g/mol. The first kappa shape index (κ1) is 19.2. The number of piperidine rings is 1. The summed E-state index contributed by atoms with van der Waals surface area (Å²) in [5.74, 6) is 0.527. The molecular formula is C19H30ClN3O. The first-order chi connectivity index (χ1) is 11.1. The Morgan fingerprint density at radius 2 is 2.00 bits per heavy atom. The van der Waals surface area contributed by atoms with Crippen molar-refractivity contribution in [1.82, 2.24) is 15.5 Å². The lowest BCUT2D eigenvalue weighted by atomic mass is 9.91. The summed E-state index contributed by atoms with van der Waals surface area (Å²) in [5.41, 5.74) is 1.63. The Morgan fingerprint density at radius 1 is 1.33 bits per heavy atom. The third-order valence-corrected chi connectivity index (χ3v) is 5.38. The number of halogens is 1. The number of nitrogens with one attached hydrogen (secondary N) is 2. The van der Waals surface area contributed by atoms with Gasteiger partial charge in [-0.15, -0.1) is 12.4 Å². The summed E-state index contributed by atoms with van der Waals surface area (Å²) in [6.45, 7) is 6.04. The Kier molecular flexibility index (Phi) is 6.67. The van der Waals surface area contributed by atoms with Gasteiger partial charge in [0.2, 0.25) is 5.91 Å². The number of likely N-dealkylation sites (N-methyl/N-ethyl adjacent to an activating group) is 1. The molecule has 5 heteroatoms. The molecule has 1 heterocycles. The lowest BCUT2D eigenvalue weighted by Gasteiger charge is -2.25. The van der Waals surface area contributed by atoms with E-state index in [2.05, 4.69) is 53.8 Å². The zero-order valence-corrected chi connectivity index (χ0v) is 15.6. The fraction of sp³-hybridized carbons (Fsp3) is 0.632. The maximum Gasteiger partial charge on any atom is 0.223 e. The predicted molar refractivity (Wildman–Crippen MR) is 100 cm³/mol. The van der Waals surface area contributed by atoms with Crippen LogP contribution in [0.3, 0.4) is 0 Å². The fourth-order valence-corrected chi connectivity index (χ4v) is 4.01. The van der Waals surface area contributed by atoms with E-state index in [4.69, 9.17) is 0 Å². The molecule has 1 aromatic rings. The number of carbonyl (C=O) groups excluding carboxylic acids is 1. The number of rotatable bonds is 6. The Labute approximate surface area is 151 Å². The molecule has 2 N–H and O–H groups in total. The standard InChI is InChI=1S/C19H29N3O.ClH/c1-15(13-22(2)14-16-6-4-3-5-7-16)21-18(23)17-12-19(17)8-10-20-11-9-19;/h3-7,15,17,20H,8-14H2,1-2H3,(H,21,23);1H. The van der Waals surface area contributed by atoms with Crippen LogP contribution >= 0.6 is 12.4 Å². The van der Waals surface area contributed by atoms with E-state index in [1.165, 1.54) is 5.56 Å². The van der Waals surface area contributed by atoms with Crippen LogP contribution in [0.2, 0.25) is 0 Å². The van der Waals surface area contributed by atoms with Crippen molar-refractivity contribution in [2.45, 2.75) is 38.8 Å². The van der Waals surface area contributed by atoms with Crippen molar-refractivity contribution in [2.24, 2.45) is 11.3 Å². The quantitative estimate of drug-likeness (QED) is 0.827. The van der Waals surface area contributed by atoms with Crippen molar-refractivity contribution >= 4 is 18.3 Å². The molecule has 1 aliphatic carbocycles. The van der Waals surface area contributed by atoms with Crippen molar-refractivity contribution in [3.05, 3.63) is 35.9 Å². The van der Waals surface area contributed by atoms with Crippen molar-refractivity contribution < 1.29 is 4.79 Å². The Balaban J connectivity index is 0.00000208. The highest BCUT2D eigenvalue weighted by Crippen LogP contribution is 2.58. The minimum Gasteiger partial charge on any atom is -0.352 e. The summed E-state index contributed by atoms with van der Waals surface area (Å²) >= 11 is 0. The molecule has 1 aliphatic heterocycles. The number of amides is 1. The molecule has 1 saturated heterocycles. The molecule has 2 unspecified atom stereocenters. The first-order valence-electron chi connectivity index (χ1n) is 8.83. The molecule has 134 valence electrons. The number of hydrogen-bond acceptors (Lipinski definition) is 3. The number of hydrogen-bond donors (Lipinski definition) is 2. The molecule has 1 aromatic carbocycles. The van der Waals surface area contributed by atoms with Gasteiger partial charge >= 0.3 is 0 Å². The van der Waals surface area contributed by atoms with Crippen molar-refractivity contribution in [3.8, 4) is 0 Å². The molecule has 4 nitrogen and oxygen atoms in total. The summed E-state index contributed by atoms with van der Waals surface area (Å²) < 4.78 is 0. The van der Waals surface area contributed by atoms with Gasteiger partial charge in [0.25, 0.3) is 0 Å². The van der Waals surface area contributed by atoms with Crippen LogP contribution in [-0.4, -0.2) is 43.5 Å². The van der Waals surface area contributed by atoms with E-state index >= 15 is 0 Å². The molecule has 2 atom stereocenters. The second-order valence-corrected chi connectivity index (χ2v) is 7.46. The van der Waals surface area contributed by atoms with Gasteiger partial charge in [0.1, 0.15) is 0 Å². The first-order valence-corrected chi connectivity index (χ1v) is 8.83. The SMILES string of the molecule is CC(CN(C)Cc1ccccc1)NC(=O)C1CC12CCNCC2.Cl. The fourth-order valence-electron chi connectivity index (χ4n) is 4.01. The van der Waals surface area contributed by atoms with Gasteiger partial charge in [-0.2, -0.15) is 0 Å². The molecular weight excluding hydrogens is 322 g/mol. The molecule has 24 heavy (non-hydrogen) atoms. The van der Waals surface area contributed by atoms with Gasteiger partial charge in [-0.3, -0.25) is 4.79 Å². The van der Waals surface area contributed by atoms with Crippen molar-refractivity contribution in [3.63, 3.8) is 0 Å². The summed E-state index contributed by atoms with van der Waals surface area (Å²) in [6.07, 6.45) is 3.41. The molecule has 0 radical (unpaired) electrons. The van der Waals surface area contributed by atoms with E-state index in [1.54, 1.807) is 0 Å². The van der Waals surface area contributed by atoms with Gasteiger partial charge in [0.05, 0.1) is 0 Å². The Morgan fingerprint density at radius 3 is 2.67 bits per heavy atom. The maximum atomic E-state index is 12.5. The summed E-state index contributed by atoms with van der Waals surface area (Å²) in [4.78, 5) is 14.8. The van der Waals surface area contributed by atoms with E-state index in [-0.39, 0.29) is 30.3 Å². The highest BCUT2D eigenvalue weighted by Gasteiger charge is 2.57. The van der Waals surface area contributed by atoms with Crippen LogP contribution < -0.4 is 10.6 Å². The molecule has 1 spiro atoms. The van der Waals surface area contributed by atoms with Crippen molar-refractivity contribution in [1.29, 1.82) is 0 Å². The minimum atomic E-state index is 0. The van der Waals surface area contributed by atoms with E-state index in [0.717, 1.165) is 45.4 Å². The smallest absolute Gasteiger partial charge is 0.223 e. The highest BCUT2D eigenvalue weighted by atomic mass is 35.5. The van der Waals surface area contributed by atoms with Gasteiger partial charge in [-0.05, 0) is 57.3 Å². The van der Waals surface area contributed by atoms with Crippen LogP contribution in [0, 0.1) is 11.3 Å². The van der Waals surface area contributed by atoms with Crippen LogP contribution in [0.5, 0.6) is 0 Å². The highest BCUT2D eigenvalue weighted by molar-refractivity contribution is 5.85. The number of nitrogens with zero attached hydrogens (tertiary/aromatic N) is 1. The maximum absolute atomic E-state index is 12.5. The largest absolute Gasteiger partial charge is 0.352 e. The normalized spacial score (nSPS) is 22.7. The lowest BCUT2D eigenvalue weighted by Crippen LogP contribution is -2.42. The van der Waals surface area contributed by atoms with Crippen LogP contribution in [0.4, 0.5) is 0 Å². The van der Waals surface area contributed by atoms with Crippen LogP contribution in [0.1, 0.15) is 31.7 Å². The topological polar surface area (TPSA) is 44.4 Å². The van der Waals surface area contributed by atoms with Gasteiger partial charge in [-0.1, -0.05) is 30.3 Å². The number of carbonyl (C=O) groups is 1. The second-order valence-electron chi connectivity index (χ2n) is 7.46. The van der Waals surface area contributed by atoms with Crippen LogP contribution in [-0.2, 0) is 11.3 Å². The monoisotopic (exact) mass is 351 g/mol. The third-order valence-electron chi connectivity index (χ3n) is 5.38. The van der Waals surface area contributed by atoms with Crippen LogP contribution in [0.25, 0.3) is 0 Å². The minimum absolute atomic E-state index is 0. The lowest BCUT2D eigenvalue weighted by molar-refractivity contribution is -0.124. The predicted octanol–water partition coefficient (Wildman–Crippen LogP) is 2.43. The molecule has 2 aliphatic rings. The molecule has 0 bridgehead atoms. The molecule has 1 saturated carbocycles. The molecule has 2 fully saturated rings. The third kappa shape index (κ3) is 4.71. The summed E-state index contributed by atoms with van der Waals surface area (Å²) in [5, 5.41) is 6.62. The zero-order valence-electron chi connectivity index (χ0n) is 14.8. The van der Waals surface area contributed by atoms with E-state index in [0.29, 0.717) is 5.41 Å². The molecule has 0 aromatic heterocycles. The zero-order chi connectivity index (χ0) is 16.3. The van der Waals surface area contributed by atoms with E-state index in [9.17, 15) is 4.79 Å². The Bertz CT molecular complexity index is 531. The number of benzene rings is 1. The summed E-state index contributed by atoms with van der Waals surface area (Å²) in [6, 6.07) is 10.7. The van der Waals surface area contributed by atoms with Gasteiger partial charge in [0.15, 0.2) is 0 Å². The van der Waals surface area contributed by atoms with Gasteiger partial charge in [-0.25, -0.2) is 0 Å². The summed E-state index contributed by atoms with van der Waals surface area (Å²) in [7, 11) is 2.11. The van der Waals surface area contributed by atoms with Crippen LogP contribution in [0.15, 0.2) is 30.3 Å². The average Bonchev–Trinajstić information content (AvgIpc) is 3.22.